The van der Waals surface area contributed by atoms with Crippen molar-refractivity contribution in [2.24, 2.45) is 0 Å². The molecule has 0 bridgehead atoms. The molecule has 2 rings (SSSR count). The van der Waals surface area contributed by atoms with Gasteiger partial charge in [0.05, 0.1) is 15.7 Å². The molecule has 0 unspecified atom stereocenters. The molecule has 0 aliphatic carbocycles. The highest BCUT2D eigenvalue weighted by atomic mass is 32.2. The predicted molar refractivity (Wildman–Crippen MR) is 77.5 cm³/mol. The van der Waals surface area contributed by atoms with Crippen LogP contribution in [0.2, 0.25) is 0 Å². The summed E-state index contributed by atoms with van der Waals surface area (Å²) >= 11 is 0. The molecular formula is C16H14O2S. The zero-order chi connectivity index (χ0) is 13.8. The zero-order valence-corrected chi connectivity index (χ0v) is 11.4. The van der Waals surface area contributed by atoms with E-state index in [1.54, 1.807) is 36.4 Å². The molecule has 0 heterocycles. The van der Waals surface area contributed by atoms with Gasteiger partial charge in [-0.3, -0.25) is 4.79 Å². The molecule has 0 spiro atoms. The Balaban J connectivity index is 2.23. The van der Waals surface area contributed by atoms with E-state index in [4.69, 9.17) is 0 Å². The number of allylic oxidation sites excluding steroid dienone is 1. The lowest BCUT2D eigenvalue weighted by molar-refractivity contribution is 0.104. The first-order chi connectivity index (χ1) is 9.09. The molecule has 0 fully saturated rings. The third-order valence-corrected chi connectivity index (χ3v) is 4.08. The van der Waals surface area contributed by atoms with Crippen LogP contribution >= 0.6 is 0 Å². The van der Waals surface area contributed by atoms with Crippen LogP contribution < -0.4 is 0 Å². The molecule has 0 radical (unpaired) electrons. The number of ketones is 1. The van der Waals surface area contributed by atoms with Gasteiger partial charge in [0.15, 0.2) is 0 Å². The van der Waals surface area contributed by atoms with Crippen molar-refractivity contribution in [3.8, 4) is 0 Å². The molecule has 0 amide bonds. The Bertz CT molecular complexity index is 628. The molecule has 0 aromatic heterocycles. The smallest absolute Gasteiger partial charge is 0.201 e. The van der Waals surface area contributed by atoms with Crippen molar-refractivity contribution in [3.05, 3.63) is 77.2 Å². The van der Waals surface area contributed by atoms with Crippen molar-refractivity contribution < 1.29 is 9.00 Å². The zero-order valence-electron chi connectivity index (χ0n) is 10.6. The first kappa shape index (κ1) is 13.4. The van der Waals surface area contributed by atoms with E-state index >= 15 is 0 Å². The van der Waals surface area contributed by atoms with E-state index in [0.29, 0.717) is 10.5 Å². The Kier molecular flexibility index (Phi) is 4.07. The van der Waals surface area contributed by atoms with E-state index in [9.17, 15) is 9.00 Å². The van der Waals surface area contributed by atoms with Crippen LogP contribution in [0, 0.1) is 6.92 Å². The normalized spacial score (nSPS) is 11.8. The second-order valence-electron chi connectivity index (χ2n) is 4.20. The minimum atomic E-state index is -1.51. The molecule has 0 N–H and O–H groups in total. The second-order valence-corrected chi connectivity index (χ2v) is 5.70. The average molecular weight is 270 g/mol. The summed E-state index contributed by atoms with van der Waals surface area (Å²) in [6.45, 7) is 5.64. The number of benzene rings is 2. The summed E-state index contributed by atoms with van der Waals surface area (Å²) in [5.74, 6) is -0.278. The van der Waals surface area contributed by atoms with Crippen LogP contribution in [0.3, 0.4) is 0 Å². The largest absolute Gasteiger partial charge is 0.288 e. The van der Waals surface area contributed by atoms with Crippen LogP contribution in [-0.4, -0.2) is 9.99 Å². The van der Waals surface area contributed by atoms with Crippen molar-refractivity contribution in [2.45, 2.75) is 11.8 Å². The molecule has 2 aromatic rings. The van der Waals surface area contributed by atoms with E-state index < -0.39 is 10.8 Å². The Labute approximate surface area is 115 Å². The number of rotatable bonds is 4. The molecule has 19 heavy (non-hydrogen) atoms. The fraction of sp³-hybridized carbons (Fsp3) is 0.0625. The van der Waals surface area contributed by atoms with Crippen LogP contribution in [0.25, 0.3) is 0 Å². The topological polar surface area (TPSA) is 34.1 Å². The summed E-state index contributed by atoms with van der Waals surface area (Å²) in [5.41, 5.74) is 1.59. The molecule has 0 aliphatic heterocycles. The lowest BCUT2D eigenvalue weighted by Crippen LogP contribution is -2.07. The molecule has 0 aliphatic rings. The average Bonchev–Trinajstić information content (AvgIpc) is 2.46. The molecule has 0 saturated heterocycles. The van der Waals surface area contributed by atoms with Crippen LogP contribution in [0.15, 0.2) is 71.0 Å². The summed E-state index contributed by atoms with van der Waals surface area (Å²) < 4.78 is 12.3. The summed E-state index contributed by atoms with van der Waals surface area (Å²) in [4.78, 5) is 12.8. The number of hydrogen-bond donors (Lipinski definition) is 0. The van der Waals surface area contributed by atoms with Crippen molar-refractivity contribution in [1.82, 2.24) is 0 Å². The van der Waals surface area contributed by atoms with Crippen molar-refractivity contribution in [3.63, 3.8) is 0 Å². The summed E-state index contributed by atoms with van der Waals surface area (Å²) in [6.07, 6.45) is 0. The Morgan fingerprint density at radius 3 is 2.16 bits per heavy atom. The molecule has 2 nitrogen and oxygen atoms in total. The third kappa shape index (κ3) is 3.06. The van der Waals surface area contributed by atoms with Crippen LogP contribution in [0.5, 0.6) is 0 Å². The molecular weight excluding hydrogens is 256 g/mol. The van der Waals surface area contributed by atoms with Gasteiger partial charge in [-0.25, -0.2) is 4.21 Å². The maximum Gasteiger partial charge on any atom is 0.201 e. The third-order valence-electron chi connectivity index (χ3n) is 2.75. The van der Waals surface area contributed by atoms with E-state index in [1.165, 1.54) is 0 Å². The van der Waals surface area contributed by atoms with Gasteiger partial charge in [0.1, 0.15) is 0 Å². The minimum Gasteiger partial charge on any atom is -0.288 e. The molecule has 1 atom stereocenters. The van der Waals surface area contributed by atoms with Gasteiger partial charge < -0.3 is 0 Å². The van der Waals surface area contributed by atoms with Crippen molar-refractivity contribution in [1.29, 1.82) is 0 Å². The summed E-state index contributed by atoms with van der Waals surface area (Å²) in [6, 6.07) is 16.0. The maximum atomic E-state index is 12.3. The Morgan fingerprint density at radius 2 is 1.58 bits per heavy atom. The molecule has 3 heteroatoms. The van der Waals surface area contributed by atoms with Gasteiger partial charge >= 0.3 is 0 Å². The van der Waals surface area contributed by atoms with Gasteiger partial charge in [-0.15, -0.1) is 0 Å². The van der Waals surface area contributed by atoms with E-state index in [-0.39, 0.29) is 10.7 Å². The lowest BCUT2D eigenvalue weighted by Gasteiger charge is -2.05. The molecule has 2 aromatic carbocycles. The van der Waals surface area contributed by atoms with Crippen LogP contribution in [0.4, 0.5) is 0 Å². The first-order valence-corrected chi connectivity index (χ1v) is 7.01. The Hall–Kier alpha value is -2.00. The van der Waals surface area contributed by atoms with Crippen molar-refractivity contribution >= 4 is 16.6 Å². The standard InChI is InChI=1S/C16H14O2S/c1-12-8-10-15(11-9-12)19(18)13(2)16(17)14-6-4-3-5-7-14/h3-11H,2H2,1H3/t19-/m1/s1. The van der Waals surface area contributed by atoms with Crippen molar-refractivity contribution in [2.75, 3.05) is 0 Å². The number of carbonyl (C=O) groups excluding carboxylic acids is 1. The number of aryl methyl sites for hydroxylation is 1. The van der Waals surface area contributed by atoms with Crippen LogP contribution in [-0.2, 0) is 10.8 Å². The SMILES string of the molecule is C=C(C(=O)c1ccccc1)[S@@](=O)c1ccc(C)cc1. The lowest BCUT2D eigenvalue weighted by atomic mass is 10.1. The fourth-order valence-corrected chi connectivity index (χ4v) is 2.59. The monoisotopic (exact) mass is 270 g/mol. The van der Waals surface area contributed by atoms with E-state index in [2.05, 4.69) is 6.58 Å². The first-order valence-electron chi connectivity index (χ1n) is 5.86. The van der Waals surface area contributed by atoms with Gasteiger partial charge in [-0.1, -0.05) is 54.6 Å². The second kappa shape index (κ2) is 5.76. The van der Waals surface area contributed by atoms with Gasteiger partial charge in [0.25, 0.3) is 0 Å². The van der Waals surface area contributed by atoms with Crippen LogP contribution in [0.1, 0.15) is 15.9 Å². The quantitative estimate of drug-likeness (QED) is 0.629. The fourth-order valence-electron chi connectivity index (χ4n) is 1.64. The highest BCUT2D eigenvalue weighted by Gasteiger charge is 2.17. The summed E-state index contributed by atoms with van der Waals surface area (Å²) in [5, 5.41) is 0. The van der Waals surface area contributed by atoms with Gasteiger partial charge in [-0.2, -0.15) is 0 Å². The van der Waals surface area contributed by atoms with E-state index in [0.717, 1.165) is 5.56 Å². The molecule has 0 saturated carbocycles. The maximum absolute atomic E-state index is 12.3. The van der Waals surface area contributed by atoms with E-state index in [1.807, 2.05) is 25.1 Å². The number of Topliss-reactive ketones (excluding diaryl/α,β-unsaturated/α-hetero) is 1. The minimum absolute atomic E-state index is 0.107. The van der Waals surface area contributed by atoms with Gasteiger partial charge in [-0.05, 0) is 19.1 Å². The predicted octanol–water partition coefficient (Wildman–Crippen LogP) is 3.50. The number of carbonyl (C=O) groups is 1. The van der Waals surface area contributed by atoms with Gasteiger partial charge in [0.2, 0.25) is 5.78 Å². The highest BCUT2D eigenvalue weighted by Crippen LogP contribution is 2.17. The number of hydrogen-bond acceptors (Lipinski definition) is 2. The Morgan fingerprint density at radius 1 is 1.00 bits per heavy atom. The highest BCUT2D eigenvalue weighted by molar-refractivity contribution is 7.90. The van der Waals surface area contributed by atoms with Gasteiger partial charge in [0, 0.05) is 10.5 Å². The summed E-state index contributed by atoms with van der Waals surface area (Å²) in [7, 11) is -1.51. The molecule has 96 valence electrons.